The minimum atomic E-state index is -0.472. The van der Waals surface area contributed by atoms with Crippen LogP contribution in [-0.4, -0.2) is 28.9 Å². The van der Waals surface area contributed by atoms with Gasteiger partial charge in [-0.15, -0.1) is 0 Å². The van der Waals surface area contributed by atoms with E-state index in [0.717, 1.165) is 0 Å². The van der Waals surface area contributed by atoms with Crippen LogP contribution in [-0.2, 0) is 0 Å². The zero-order valence-electron chi connectivity index (χ0n) is 18.9. The van der Waals surface area contributed by atoms with Crippen LogP contribution in [0.15, 0.2) is 77.3 Å². The summed E-state index contributed by atoms with van der Waals surface area (Å²) < 4.78 is 6.26. The summed E-state index contributed by atoms with van der Waals surface area (Å²) in [6, 6.07) is 20.0. The second-order valence-electron chi connectivity index (χ2n) is 7.57. The van der Waals surface area contributed by atoms with Gasteiger partial charge in [-0.3, -0.25) is 30.6 Å². The molecule has 3 rings (SSSR count). The molecule has 0 atom stereocenters. The zero-order valence-corrected chi connectivity index (χ0v) is 21.3. The van der Waals surface area contributed by atoms with Crippen molar-refractivity contribution in [3.05, 3.63) is 94.0 Å². The van der Waals surface area contributed by atoms with Crippen molar-refractivity contribution < 1.29 is 19.1 Å². The number of carbonyl (C=O) groups excluding carboxylic acids is 3. The van der Waals surface area contributed by atoms with Crippen molar-refractivity contribution >= 4 is 56.7 Å². The molecule has 10 heteroatoms. The first-order valence-corrected chi connectivity index (χ1v) is 11.8. The van der Waals surface area contributed by atoms with Crippen molar-refractivity contribution in [1.82, 2.24) is 16.2 Å². The number of amides is 3. The van der Waals surface area contributed by atoms with E-state index in [-0.39, 0.29) is 17.1 Å². The van der Waals surface area contributed by atoms with Gasteiger partial charge in [0.1, 0.15) is 5.75 Å². The van der Waals surface area contributed by atoms with Crippen LogP contribution >= 0.6 is 28.1 Å². The van der Waals surface area contributed by atoms with E-state index in [9.17, 15) is 14.4 Å². The van der Waals surface area contributed by atoms with Crippen molar-refractivity contribution in [2.24, 2.45) is 0 Å². The van der Waals surface area contributed by atoms with Gasteiger partial charge in [-0.25, -0.2) is 0 Å². The second kappa shape index (κ2) is 12.1. The van der Waals surface area contributed by atoms with Crippen LogP contribution < -0.4 is 26.2 Å². The van der Waals surface area contributed by atoms with Crippen LogP contribution in [0.3, 0.4) is 0 Å². The van der Waals surface area contributed by atoms with E-state index in [0.29, 0.717) is 32.6 Å². The number of hydrogen-bond acceptors (Lipinski definition) is 5. The van der Waals surface area contributed by atoms with E-state index in [1.54, 1.807) is 66.7 Å². The SMILES string of the molecule is CC(C)Oc1ccc(C(=O)NC(=S)NNC(=O)c2ccc(NC(=O)c3ccccc3)cc2)cc1Br. The molecule has 3 aromatic rings. The summed E-state index contributed by atoms with van der Waals surface area (Å²) >= 11 is 8.47. The Morgan fingerprint density at radius 1 is 0.800 bits per heavy atom. The lowest BCUT2D eigenvalue weighted by Gasteiger charge is -2.13. The Labute approximate surface area is 216 Å². The van der Waals surface area contributed by atoms with Crippen molar-refractivity contribution in [3.63, 3.8) is 0 Å². The highest BCUT2D eigenvalue weighted by atomic mass is 79.9. The molecule has 35 heavy (non-hydrogen) atoms. The monoisotopic (exact) mass is 554 g/mol. The number of carbonyl (C=O) groups is 3. The Balaban J connectivity index is 1.49. The molecule has 0 aliphatic carbocycles. The molecule has 0 heterocycles. The van der Waals surface area contributed by atoms with E-state index < -0.39 is 11.8 Å². The molecular weight excluding hydrogens is 532 g/mol. The van der Waals surface area contributed by atoms with Gasteiger partial charge in [0.05, 0.1) is 10.6 Å². The molecule has 0 saturated carbocycles. The maximum absolute atomic E-state index is 12.4. The van der Waals surface area contributed by atoms with Crippen LogP contribution in [0, 0.1) is 0 Å². The number of ether oxygens (including phenoxy) is 1. The molecule has 180 valence electrons. The first-order chi connectivity index (χ1) is 16.7. The Hall–Kier alpha value is -3.76. The maximum atomic E-state index is 12.4. The van der Waals surface area contributed by atoms with Crippen LogP contribution in [0.25, 0.3) is 0 Å². The fourth-order valence-electron chi connectivity index (χ4n) is 2.88. The van der Waals surface area contributed by atoms with Gasteiger partial charge in [-0.1, -0.05) is 18.2 Å². The van der Waals surface area contributed by atoms with E-state index in [1.807, 2.05) is 19.9 Å². The summed E-state index contributed by atoms with van der Waals surface area (Å²) in [7, 11) is 0. The van der Waals surface area contributed by atoms with Crippen molar-refractivity contribution in [2.75, 3.05) is 5.32 Å². The third-order valence-corrected chi connectivity index (χ3v) is 5.34. The largest absolute Gasteiger partial charge is 0.490 e. The average molecular weight is 555 g/mol. The first-order valence-electron chi connectivity index (χ1n) is 10.6. The summed E-state index contributed by atoms with van der Waals surface area (Å²) in [4.78, 5) is 37.0. The lowest BCUT2D eigenvalue weighted by molar-refractivity contribution is 0.0934. The molecule has 0 unspecified atom stereocenters. The molecule has 0 radical (unpaired) electrons. The third kappa shape index (κ3) is 7.62. The Morgan fingerprint density at radius 2 is 1.43 bits per heavy atom. The number of benzene rings is 3. The van der Waals surface area contributed by atoms with Crippen molar-refractivity contribution in [3.8, 4) is 5.75 Å². The molecule has 3 aromatic carbocycles. The number of halogens is 1. The topological polar surface area (TPSA) is 109 Å². The standard InChI is InChI=1S/C25H23BrN4O4S/c1-15(2)34-21-13-10-18(14-20(21)26)23(32)28-25(35)30-29-24(33)17-8-11-19(12-9-17)27-22(31)16-6-4-3-5-7-16/h3-15H,1-2H3,(H,27,31)(H,29,33)(H2,28,30,32,35). The van der Waals surface area contributed by atoms with Gasteiger partial charge in [0.25, 0.3) is 17.7 Å². The smallest absolute Gasteiger partial charge is 0.269 e. The number of hydrazine groups is 1. The Bertz CT molecular complexity index is 1230. The van der Waals surface area contributed by atoms with Gasteiger partial charge in [0.2, 0.25) is 0 Å². The van der Waals surface area contributed by atoms with Gasteiger partial charge in [0.15, 0.2) is 5.11 Å². The van der Waals surface area contributed by atoms with E-state index in [2.05, 4.69) is 37.4 Å². The summed E-state index contributed by atoms with van der Waals surface area (Å²) in [6.07, 6.45) is -0.00406. The number of rotatable bonds is 6. The predicted molar refractivity (Wildman–Crippen MR) is 141 cm³/mol. The van der Waals surface area contributed by atoms with E-state index in [1.165, 1.54) is 0 Å². The van der Waals surface area contributed by atoms with Gasteiger partial charge in [-0.2, -0.15) is 0 Å². The molecule has 3 amide bonds. The highest BCUT2D eigenvalue weighted by Gasteiger charge is 2.13. The summed E-state index contributed by atoms with van der Waals surface area (Å²) in [5, 5.41) is 5.18. The molecule has 8 nitrogen and oxygen atoms in total. The minimum absolute atomic E-state index is 0.00406. The normalized spacial score (nSPS) is 10.3. The number of nitrogens with one attached hydrogen (secondary N) is 4. The maximum Gasteiger partial charge on any atom is 0.269 e. The Morgan fingerprint density at radius 3 is 2.06 bits per heavy atom. The Kier molecular flexibility index (Phi) is 8.93. The molecule has 0 aliphatic rings. The van der Waals surface area contributed by atoms with Crippen molar-refractivity contribution in [1.29, 1.82) is 0 Å². The number of hydrogen-bond donors (Lipinski definition) is 4. The summed E-state index contributed by atoms with van der Waals surface area (Å²) in [5.74, 6) is -0.553. The minimum Gasteiger partial charge on any atom is -0.490 e. The lowest BCUT2D eigenvalue weighted by atomic mass is 10.1. The van der Waals surface area contributed by atoms with Crippen LogP contribution in [0.4, 0.5) is 5.69 Å². The predicted octanol–water partition coefficient (Wildman–Crippen LogP) is 4.44. The van der Waals surface area contributed by atoms with Crippen LogP contribution in [0.1, 0.15) is 44.9 Å². The van der Waals surface area contributed by atoms with Gasteiger partial charge in [0, 0.05) is 22.4 Å². The molecule has 0 bridgehead atoms. The molecular formula is C25H23BrN4O4S. The van der Waals surface area contributed by atoms with E-state index in [4.69, 9.17) is 17.0 Å². The first kappa shape index (κ1) is 25.9. The quantitative estimate of drug-likeness (QED) is 0.265. The molecule has 0 spiro atoms. The van der Waals surface area contributed by atoms with E-state index >= 15 is 0 Å². The molecule has 0 aromatic heterocycles. The average Bonchev–Trinajstić information content (AvgIpc) is 2.84. The third-order valence-electron chi connectivity index (χ3n) is 4.51. The second-order valence-corrected chi connectivity index (χ2v) is 8.83. The number of anilines is 1. The summed E-state index contributed by atoms with van der Waals surface area (Å²) in [5.41, 5.74) is 6.68. The lowest BCUT2D eigenvalue weighted by Crippen LogP contribution is -2.48. The van der Waals surface area contributed by atoms with Crippen LogP contribution in [0.2, 0.25) is 0 Å². The highest BCUT2D eigenvalue weighted by Crippen LogP contribution is 2.27. The van der Waals surface area contributed by atoms with Crippen LogP contribution in [0.5, 0.6) is 5.75 Å². The molecule has 4 N–H and O–H groups in total. The molecule has 0 fully saturated rings. The fourth-order valence-corrected chi connectivity index (χ4v) is 3.50. The zero-order chi connectivity index (χ0) is 25.4. The number of thiocarbonyl (C=S) groups is 1. The fraction of sp³-hybridized carbons (Fsp3) is 0.120. The summed E-state index contributed by atoms with van der Waals surface area (Å²) in [6.45, 7) is 3.81. The highest BCUT2D eigenvalue weighted by molar-refractivity contribution is 9.10. The van der Waals surface area contributed by atoms with Gasteiger partial charge in [-0.05, 0) is 96.6 Å². The van der Waals surface area contributed by atoms with Gasteiger partial charge < -0.3 is 10.1 Å². The van der Waals surface area contributed by atoms with Gasteiger partial charge >= 0.3 is 0 Å². The molecule has 0 aliphatic heterocycles. The molecule has 0 saturated heterocycles. The van der Waals surface area contributed by atoms with Crippen molar-refractivity contribution in [2.45, 2.75) is 20.0 Å².